The van der Waals surface area contributed by atoms with Crippen molar-refractivity contribution in [3.05, 3.63) is 0 Å². The third kappa shape index (κ3) is 4.52. The molecule has 0 aromatic carbocycles. The van der Waals surface area contributed by atoms with Gasteiger partial charge in [-0.05, 0) is 26.3 Å². The van der Waals surface area contributed by atoms with Crippen molar-refractivity contribution in [1.29, 1.82) is 0 Å². The summed E-state index contributed by atoms with van der Waals surface area (Å²) >= 11 is 0. The van der Waals surface area contributed by atoms with Gasteiger partial charge in [-0.2, -0.15) is 0 Å². The summed E-state index contributed by atoms with van der Waals surface area (Å²) < 4.78 is 5.61. The molecule has 2 unspecified atom stereocenters. The van der Waals surface area contributed by atoms with Gasteiger partial charge in [0.05, 0.1) is 18.8 Å². The maximum absolute atomic E-state index is 9.97. The molecule has 0 aromatic heterocycles. The molecule has 0 radical (unpaired) electrons. The van der Waals surface area contributed by atoms with Crippen LogP contribution in [0.3, 0.4) is 0 Å². The van der Waals surface area contributed by atoms with E-state index < -0.39 is 0 Å². The molecule has 1 heterocycles. The molecule has 0 bridgehead atoms. The SMILES string of the molecule is CC#CCCC(O)C1CN(CCC)CCO1. The predicted molar refractivity (Wildman–Crippen MR) is 65.2 cm³/mol. The summed E-state index contributed by atoms with van der Waals surface area (Å²) in [5.74, 6) is 5.82. The lowest BCUT2D eigenvalue weighted by molar-refractivity contribution is -0.0897. The Morgan fingerprint density at radius 2 is 2.38 bits per heavy atom. The van der Waals surface area contributed by atoms with Crippen LogP contribution in [0.1, 0.15) is 33.1 Å². The highest BCUT2D eigenvalue weighted by Crippen LogP contribution is 2.12. The molecule has 0 saturated carbocycles. The van der Waals surface area contributed by atoms with E-state index in [1.807, 2.05) is 6.92 Å². The van der Waals surface area contributed by atoms with Crippen molar-refractivity contribution in [2.75, 3.05) is 26.2 Å². The summed E-state index contributed by atoms with van der Waals surface area (Å²) in [7, 11) is 0. The van der Waals surface area contributed by atoms with Gasteiger partial charge in [-0.1, -0.05) is 6.92 Å². The second-order valence-corrected chi connectivity index (χ2v) is 4.24. The van der Waals surface area contributed by atoms with Gasteiger partial charge in [-0.15, -0.1) is 11.8 Å². The van der Waals surface area contributed by atoms with Gasteiger partial charge in [0, 0.05) is 19.5 Å². The van der Waals surface area contributed by atoms with Crippen molar-refractivity contribution in [3.8, 4) is 11.8 Å². The Labute approximate surface area is 98.8 Å². The molecule has 1 aliphatic heterocycles. The van der Waals surface area contributed by atoms with Crippen LogP contribution in [-0.2, 0) is 4.74 Å². The van der Waals surface area contributed by atoms with Crippen LogP contribution < -0.4 is 0 Å². The van der Waals surface area contributed by atoms with Gasteiger partial charge >= 0.3 is 0 Å². The Morgan fingerprint density at radius 3 is 3.06 bits per heavy atom. The number of hydrogen-bond donors (Lipinski definition) is 1. The highest BCUT2D eigenvalue weighted by Gasteiger charge is 2.25. The molecule has 0 spiro atoms. The number of morpholine rings is 1. The zero-order valence-corrected chi connectivity index (χ0v) is 10.4. The Morgan fingerprint density at radius 1 is 1.56 bits per heavy atom. The number of nitrogens with zero attached hydrogens (tertiary/aromatic N) is 1. The van der Waals surface area contributed by atoms with Crippen LogP contribution in [0.25, 0.3) is 0 Å². The van der Waals surface area contributed by atoms with E-state index in [0.717, 1.165) is 39.1 Å². The van der Waals surface area contributed by atoms with E-state index >= 15 is 0 Å². The average molecular weight is 225 g/mol. The van der Waals surface area contributed by atoms with Crippen molar-refractivity contribution >= 4 is 0 Å². The van der Waals surface area contributed by atoms with Crippen LogP contribution in [0, 0.1) is 11.8 Å². The first-order valence-electron chi connectivity index (χ1n) is 6.19. The van der Waals surface area contributed by atoms with E-state index in [2.05, 4.69) is 23.7 Å². The van der Waals surface area contributed by atoms with Gasteiger partial charge in [-0.3, -0.25) is 4.90 Å². The number of rotatable bonds is 5. The molecule has 0 amide bonds. The topological polar surface area (TPSA) is 32.7 Å². The summed E-state index contributed by atoms with van der Waals surface area (Å²) in [4.78, 5) is 2.36. The Bertz CT molecular complexity index is 242. The molecule has 2 atom stereocenters. The van der Waals surface area contributed by atoms with Gasteiger partial charge in [0.2, 0.25) is 0 Å². The zero-order valence-electron chi connectivity index (χ0n) is 10.4. The van der Waals surface area contributed by atoms with Gasteiger partial charge in [0.1, 0.15) is 0 Å². The maximum atomic E-state index is 9.97. The fourth-order valence-electron chi connectivity index (χ4n) is 2.01. The van der Waals surface area contributed by atoms with E-state index in [9.17, 15) is 5.11 Å². The summed E-state index contributed by atoms with van der Waals surface area (Å²) in [6, 6.07) is 0. The molecule has 1 saturated heterocycles. The molecular weight excluding hydrogens is 202 g/mol. The number of aliphatic hydroxyl groups excluding tert-OH is 1. The molecule has 1 rings (SSSR count). The first-order valence-corrected chi connectivity index (χ1v) is 6.19. The van der Waals surface area contributed by atoms with E-state index in [1.54, 1.807) is 0 Å². The van der Waals surface area contributed by atoms with Crippen LogP contribution in [0.5, 0.6) is 0 Å². The molecule has 0 aromatic rings. The van der Waals surface area contributed by atoms with E-state index in [-0.39, 0.29) is 12.2 Å². The van der Waals surface area contributed by atoms with Gasteiger partial charge < -0.3 is 9.84 Å². The highest BCUT2D eigenvalue weighted by molar-refractivity contribution is 4.95. The third-order valence-corrected chi connectivity index (χ3v) is 2.89. The van der Waals surface area contributed by atoms with Crippen molar-refractivity contribution in [3.63, 3.8) is 0 Å². The molecule has 16 heavy (non-hydrogen) atoms. The quantitative estimate of drug-likeness (QED) is 0.715. The number of ether oxygens (including phenoxy) is 1. The van der Waals surface area contributed by atoms with Crippen molar-refractivity contribution in [2.45, 2.75) is 45.3 Å². The van der Waals surface area contributed by atoms with Crippen LogP contribution in [0.2, 0.25) is 0 Å². The first kappa shape index (κ1) is 13.5. The lowest BCUT2D eigenvalue weighted by atomic mass is 10.1. The summed E-state index contributed by atoms with van der Waals surface area (Å²) in [6.07, 6.45) is 2.22. The lowest BCUT2D eigenvalue weighted by Crippen LogP contribution is -2.47. The molecule has 0 aliphatic carbocycles. The summed E-state index contributed by atoms with van der Waals surface area (Å²) in [6.45, 7) is 7.69. The van der Waals surface area contributed by atoms with Crippen molar-refractivity contribution in [1.82, 2.24) is 4.90 Å². The molecule has 92 valence electrons. The minimum Gasteiger partial charge on any atom is -0.390 e. The van der Waals surface area contributed by atoms with Gasteiger partial charge in [0.15, 0.2) is 0 Å². The Kier molecular flexibility index (Phi) is 6.47. The molecular formula is C13H23NO2. The highest BCUT2D eigenvalue weighted by atomic mass is 16.5. The molecule has 1 aliphatic rings. The van der Waals surface area contributed by atoms with Gasteiger partial charge in [0.25, 0.3) is 0 Å². The minimum absolute atomic E-state index is 0.0287. The monoisotopic (exact) mass is 225 g/mol. The van der Waals surface area contributed by atoms with Crippen LogP contribution >= 0.6 is 0 Å². The normalized spacial score (nSPS) is 23.6. The zero-order chi connectivity index (χ0) is 11.8. The maximum Gasteiger partial charge on any atom is 0.0961 e. The number of aliphatic hydroxyl groups is 1. The van der Waals surface area contributed by atoms with Crippen LogP contribution in [-0.4, -0.2) is 48.5 Å². The second-order valence-electron chi connectivity index (χ2n) is 4.24. The predicted octanol–water partition coefficient (Wildman–Crippen LogP) is 1.26. The number of hydrogen-bond acceptors (Lipinski definition) is 3. The van der Waals surface area contributed by atoms with Gasteiger partial charge in [-0.25, -0.2) is 0 Å². The average Bonchev–Trinajstić information content (AvgIpc) is 2.30. The first-order chi connectivity index (χ1) is 7.77. The lowest BCUT2D eigenvalue weighted by Gasteiger charge is -2.34. The Balaban J connectivity index is 2.30. The van der Waals surface area contributed by atoms with E-state index in [4.69, 9.17) is 4.74 Å². The van der Waals surface area contributed by atoms with Crippen LogP contribution in [0.4, 0.5) is 0 Å². The van der Waals surface area contributed by atoms with E-state index in [1.165, 1.54) is 0 Å². The largest absolute Gasteiger partial charge is 0.390 e. The summed E-state index contributed by atoms with van der Waals surface area (Å²) in [5, 5.41) is 9.97. The minimum atomic E-state index is -0.375. The third-order valence-electron chi connectivity index (χ3n) is 2.89. The van der Waals surface area contributed by atoms with Crippen LogP contribution in [0.15, 0.2) is 0 Å². The fourth-order valence-corrected chi connectivity index (χ4v) is 2.01. The fraction of sp³-hybridized carbons (Fsp3) is 0.846. The van der Waals surface area contributed by atoms with Crippen molar-refractivity contribution in [2.24, 2.45) is 0 Å². The van der Waals surface area contributed by atoms with E-state index in [0.29, 0.717) is 6.42 Å². The van der Waals surface area contributed by atoms with Crippen molar-refractivity contribution < 1.29 is 9.84 Å². The summed E-state index contributed by atoms with van der Waals surface area (Å²) in [5.41, 5.74) is 0. The molecule has 3 heteroatoms. The standard InChI is InChI=1S/C13H23NO2/c1-3-5-6-7-12(15)13-11-14(8-4-2)9-10-16-13/h12-13,15H,4,6-11H2,1-2H3. The molecule has 1 fully saturated rings. The Hall–Kier alpha value is -0.560. The smallest absolute Gasteiger partial charge is 0.0961 e. The second kappa shape index (κ2) is 7.67. The molecule has 3 nitrogen and oxygen atoms in total. The molecule has 1 N–H and O–H groups in total.